The Morgan fingerprint density at radius 2 is 1.58 bits per heavy atom. The number of esters is 1. The predicted molar refractivity (Wildman–Crippen MR) is 129 cm³/mol. The second kappa shape index (κ2) is 11.7. The Hall–Kier alpha value is -3.10. The molecule has 0 atom stereocenters. The second-order valence-electron chi connectivity index (χ2n) is 7.01. The van der Waals surface area contributed by atoms with Crippen molar-refractivity contribution in [1.29, 1.82) is 0 Å². The minimum absolute atomic E-state index is 0.170. The number of nitrogens with zero attached hydrogens (tertiary/aromatic N) is 1. The molecule has 1 heterocycles. The Morgan fingerprint density at radius 1 is 1.00 bits per heavy atom. The molecule has 0 bridgehead atoms. The van der Waals surface area contributed by atoms with Crippen LogP contribution in [-0.2, 0) is 22.6 Å². The normalized spacial score (nSPS) is 13.1. The Balaban J connectivity index is 1.69. The summed E-state index contributed by atoms with van der Waals surface area (Å²) in [4.78, 5) is 16.9. The summed E-state index contributed by atoms with van der Waals surface area (Å²) >= 11 is 12.4. The Labute approximate surface area is 202 Å². The Bertz CT molecular complexity index is 1070. The molecule has 3 rings (SSSR count). The summed E-state index contributed by atoms with van der Waals surface area (Å²) in [5.41, 5.74) is 2.28. The Kier molecular flexibility index (Phi) is 8.68. The highest BCUT2D eigenvalue weighted by atomic mass is 35.5. The van der Waals surface area contributed by atoms with Gasteiger partial charge < -0.3 is 30.2 Å². The van der Waals surface area contributed by atoms with Crippen molar-refractivity contribution in [2.75, 3.05) is 27.4 Å². The van der Waals surface area contributed by atoms with Crippen molar-refractivity contribution in [1.82, 2.24) is 16.0 Å². The van der Waals surface area contributed by atoms with Crippen LogP contribution in [0.25, 0.3) is 0 Å². The maximum absolute atomic E-state index is 12.4. The van der Waals surface area contributed by atoms with Crippen molar-refractivity contribution < 1.29 is 19.0 Å². The Morgan fingerprint density at radius 3 is 2.09 bits per heavy atom. The van der Waals surface area contributed by atoms with Gasteiger partial charge >= 0.3 is 5.97 Å². The summed E-state index contributed by atoms with van der Waals surface area (Å²) in [6, 6.07) is 11.0. The van der Waals surface area contributed by atoms with Gasteiger partial charge in [-0.25, -0.2) is 9.79 Å². The summed E-state index contributed by atoms with van der Waals surface area (Å²) in [5.74, 6) is 1.82. The van der Waals surface area contributed by atoms with Crippen molar-refractivity contribution in [3.63, 3.8) is 0 Å². The number of nitrogens with one attached hydrogen (secondary N) is 3. The third-order valence-electron chi connectivity index (χ3n) is 4.82. The lowest BCUT2D eigenvalue weighted by Crippen LogP contribution is -2.44. The van der Waals surface area contributed by atoms with Crippen molar-refractivity contribution in [3.8, 4) is 11.5 Å². The van der Waals surface area contributed by atoms with Crippen LogP contribution in [0.1, 0.15) is 18.1 Å². The molecule has 1 aliphatic rings. The number of halogens is 2. The summed E-state index contributed by atoms with van der Waals surface area (Å²) in [7, 11) is 3.14. The number of methoxy groups -OCH3 is 2. The van der Waals surface area contributed by atoms with E-state index in [4.69, 9.17) is 37.4 Å². The van der Waals surface area contributed by atoms with Gasteiger partial charge in [0.1, 0.15) is 17.3 Å². The first-order valence-corrected chi connectivity index (χ1v) is 11.0. The van der Waals surface area contributed by atoms with E-state index in [1.807, 2.05) is 24.3 Å². The standard InChI is InChI=1S/C23H26Cl2N4O4/c1-4-33-22(30)16-13-28-23(27-12-15-6-8-20(32-3)18(25)10-15)29-21(16)26-11-14-5-7-19(31-2)17(24)9-14/h5-10,26H,4,11-13H2,1-3H3,(H2,27,28,29). The molecule has 0 aliphatic carbocycles. The van der Waals surface area contributed by atoms with Gasteiger partial charge in [-0.15, -0.1) is 0 Å². The SMILES string of the molecule is CCOC(=O)C1=C(NCc2ccc(OC)c(Cl)c2)NC(NCc2ccc(OC)c(Cl)c2)=NC1. The van der Waals surface area contributed by atoms with Gasteiger partial charge in [-0.3, -0.25) is 0 Å². The van der Waals surface area contributed by atoms with Gasteiger partial charge in [0.25, 0.3) is 0 Å². The molecule has 33 heavy (non-hydrogen) atoms. The monoisotopic (exact) mass is 492 g/mol. The van der Waals surface area contributed by atoms with E-state index in [1.165, 1.54) is 0 Å². The number of hydrogen-bond acceptors (Lipinski definition) is 8. The lowest BCUT2D eigenvalue weighted by Gasteiger charge is -2.23. The van der Waals surface area contributed by atoms with Crippen molar-refractivity contribution >= 4 is 35.1 Å². The summed E-state index contributed by atoms with van der Waals surface area (Å²) in [6.07, 6.45) is 0. The molecule has 0 saturated carbocycles. The fourth-order valence-corrected chi connectivity index (χ4v) is 3.68. The first kappa shape index (κ1) is 24.5. The van der Waals surface area contributed by atoms with Gasteiger partial charge in [-0.1, -0.05) is 35.3 Å². The van der Waals surface area contributed by atoms with E-state index >= 15 is 0 Å². The number of guanidine groups is 1. The molecular weight excluding hydrogens is 467 g/mol. The molecule has 176 valence electrons. The van der Waals surface area contributed by atoms with Crippen LogP contribution >= 0.6 is 23.2 Å². The van der Waals surface area contributed by atoms with E-state index in [0.717, 1.165) is 11.1 Å². The molecule has 0 unspecified atom stereocenters. The number of aliphatic imine (C=N–C) groups is 1. The molecule has 0 radical (unpaired) electrons. The number of carbonyl (C=O) groups is 1. The minimum atomic E-state index is -0.426. The zero-order chi connectivity index (χ0) is 23.8. The second-order valence-corrected chi connectivity index (χ2v) is 7.82. The van der Waals surface area contributed by atoms with Crippen LogP contribution in [0.15, 0.2) is 52.8 Å². The summed E-state index contributed by atoms with van der Waals surface area (Å²) in [6.45, 7) is 3.11. The van der Waals surface area contributed by atoms with E-state index in [1.54, 1.807) is 33.3 Å². The van der Waals surface area contributed by atoms with Gasteiger partial charge in [0.15, 0.2) is 5.96 Å². The van der Waals surface area contributed by atoms with Crippen LogP contribution in [0.3, 0.4) is 0 Å². The zero-order valence-electron chi connectivity index (χ0n) is 18.6. The molecule has 2 aromatic rings. The van der Waals surface area contributed by atoms with Crippen LogP contribution in [-0.4, -0.2) is 39.3 Å². The van der Waals surface area contributed by atoms with Crippen molar-refractivity contribution in [3.05, 3.63) is 69.0 Å². The smallest absolute Gasteiger partial charge is 0.339 e. The number of ether oxygens (including phenoxy) is 3. The topological polar surface area (TPSA) is 93.2 Å². The summed E-state index contributed by atoms with van der Waals surface area (Å²) < 4.78 is 15.6. The van der Waals surface area contributed by atoms with E-state index in [9.17, 15) is 4.79 Å². The molecule has 1 aliphatic heterocycles. The molecule has 0 saturated heterocycles. The lowest BCUT2D eigenvalue weighted by molar-refractivity contribution is -0.138. The molecule has 10 heteroatoms. The molecule has 0 amide bonds. The van der Waals surface area contributed by atoms with Gasteiger partial charge in [-0.05, 0) is 42.3 Å². The van der Waals surface area contributed by atoms with E-state index in [0.29, 0.717) is 52.0 Å². The van der Waals surface area contributed by atoms with E-state index < -0.39 is 5.97 Å². The number of hydrogen-bond donors (Lipinski definition) is 3. The zero-order valence-corrected chi connectivity index (χ0v) is 20.1. The van der Waals surface area contributed by atoms with Crippen molar-refractivity contribution in [2.45, 2.75) is 20.0 Å². The van der Waals surface area contributed by atoms with Gasteiger partial charge in [0.05, 0.1) is 43.0 Å². The molecule has 2 aromatic carbocycles. The quantitative estimate of drug-likeness (QED) is 0.460. The first-order chi connectivity index (χ1) is 15.9. The number of benzene rings is 2. The average molecular weight is 493 g/mol. The first-order valence-electron chi connectivity index (χ1n) is 10.3. The maximum Gasteiger partial charge on any atom is 0.339 e. The number of rotatable bonds is 9. The highest BCUT2D eigenvalue weighted by molar-refractivity contribution is 6.32. The third kappa shape index (κ3) is 6.46. The fraction of sp³-hybridized carbons (Fsp3) is 0.304. The van der Waals surface area contributed by atoms with Crippen LogP contribution in [0, 0.1) is 0 Å². The molecular formula is C23H26Cl2N4O4. The van der Waals surface area contributed by atoms with E-state index in [2.05, 4.69) is 20.9 Å². The van der Waals surface area contributed by atoms with Crippen LogP contribution in [0.2, 0.25) is 10.0 Å². The van der Waals surface area contributed by atoms with E-state index in [-0.39, 0.29) is 13.2 Å². The highest BCUT2D eigenvalue weighted by Crippen LogP contribution is 2.26. The third-order valence-corrected chi connectivity index (χ3v) is 5.41. The molecule has 0 spiro atoms. The summed E-state index contributed by atoms with van der Waals surface area (Å²) in [5, 5.41) is 10.7. The van der Waals surface area contributed by atoms with Gasteiger partial charge in [0, 0.05) is 13.1 Å². The fourth-order valence-electron chi connectivity index (χ4n) is 3.12. The van der Waals surface area contributed by atoms with Gasteiger partial charge in [0.2, 0.25) is 0 Å². The molecule has 0 fully saturated rings. The van der Waals surface area contributed by atoms with Crippen LogP contribution < -0.4 is 25.4 Å². The minimum Gasteiger partial charge on any atom is -0.495 e. The molecule has 0 aromatic heterocycles. The highest BCUT2D eigenvalue weighted by Gasteiger charge is 2.22. The van der Waals surface area contributed by atoms with Gasteiger partial charge in [-0.2, -0.15) is 0 Å². The van der Waals surface area contributed by atoms with Crippen molar-refractivity contribution in [2.24, 2.45) is 4.99 Å². The number of carbonyl (C=O) groups excluding carboxylic acids is 1. The lowest BCUT2D eigenvalue weighted by atomic mass is 10.2. The van der Waals surface area contributed by atoms with Crippen LogP contribution in [0.5, 0.6) is 11.5 Å². The largest absolute Gasteiger partial charge is 0.495 e. The molecule has 3 N–H and O–H groups in total. The average Bonchev–Trinajstić information content (AvgIpc) is 2.81. The predicted octanol–water partition coefficient (Wildman–Crippen LogP) is 3.62. The maximum atomic E-state index is 12.4. The van der Waals surface area contributed by atoms with Crippen LogP contribution in [0.4, 0.5) is 0 Å². The molecule has 8 nitrogen and oxygen atoms in total.